The summed E-state index contributed by atoms with van der Waals surface area (Å²) in [5, 5.41) is 2.96. The minimum absolute atomic E-state index is 0.148. The van der Waals surface area contributed by atoms with Crippen molar-refractivity contribution in [3.63, 3.8) is 0 Å². The Labute approximate surface area is 112 Å². The molecule has 4 heteroatoms. The normalized spacial score (nSPS) is 15.0. The molecule has 3 rings (SSSR count). The molecule has 1 aromatic heterocycles. The molecule has 1 aliphatic rings. The summed E-state index contributed by atoms with van der Waals surface area (Å²) >= 11 is 0. The topological polar surface area (TPSA) is 57.8 Å². The van der Waals surface area contributed by atoms with Gasteiger partial charge in [-0.2, -0.15) is 0 Å². The number of carbonyl (C=O) groups is 1. The summed E-state index contributed by atoms with van der Waals surface area (Å²) in [6, 6.07) is 7.83. The maximum atomic E-state index is 11.8. The minimum Gasteiger partial charge on any atom is -0.348 e. The third kappa shape index (κ3) is 2.38. The number of aryl methyl sites for hydroxylation is 1. The molecule has 19 heavy (non-hydrogen) atoms. The maximum Gasteiger partial charge on any atom is 0.227 e. The van der Waals surface area contributed by atoms with Crippen molar-refractivity contribution in [2.75, 3.05) is 5.32 Å². The Bertz CT molecular complexity index is 582. The molecule has 1 fully saturated rings. The van der Waals surface area contributed by atoms with Crippen LogP contribution in [0.15, 0.2) is 30.6 Å². The predicted octanol–water partition coefficient (Wildman–Crippen LogP) is 3.12. The number of aromatic amines is 1. The Balaban J connectivity index is 1.72. The van der Waals surface area contributed by atoms with Gasteiger partial charge in [-0.15, -0.1) is 0 Å². The quantitative estimate of drug-likeness (QED) is 0.885. The zero-order valence-corrected chi connectivity index (χ0v) is 10.9. The average molecular weight is 255 g/mol. The molecule has 0 atom stereocenters. The molecule has 0 spiro atoms. The molecule has 2 aromatic rings. The zero-order chi connectivity index (χ0) is 13.2. The standard InChI is InChI=1S/C15H17N3O/c1-10-14(17-9-16-10)11-5-7-13(8-6-11)18-15(19)12-3-2-4-12/h5-9,12H,2-4H2,1H3,(H,16,17)(H,18,19). The van der Waals surface area contributed by atoms with Gasteiger partial charge in [-0.25, -0.2) is 4.98 Å². The van der Waals surface area contributed by atoms with Crippen molar-refractivity contribution in [3.8, 4) is 11.3 Å². The molecule has 1 amide bonds. The number of carbonyl (C=O) groups excluding carboxylic acids is 1. The first-order valence-electron chi connectivity index (χ1n) is 6.65. The van der Waals surface area contributed by atoms with Gasteiger partial charge in [-0.3, -0.25) is 4.79 Å². The maximum absolute atomic E-state index is 11.8. The lowest BCUT2D eigenvalue weighted by Gasteiger charge is -2.24. The van der Waals surface area contributed by atoms with Crippen molar-refractivity contribution in [1.29, 1.82) is 0 Å². The second kappa shape index (κ2) is 4.88. The molecular weight excluding hydrogens is 238 g/mol. The number of nitrogens with zero attached hydrogens (tertiary/aromatic N) is 1. The molecule has 0 radical (unpaired) electrons. The minimum atomic E-state index is 0.148. The smallest absolute Gasteiger partial charge is 0.227 e. The number of imidazole rings is 1. The van der Waals surface area contributed by atoms with E-state index in [1.165, 1.54) is 6.42 Å². The van der Waals surface area contributed by atoms with Crippen molar-refractivity contribution in [2.45, 2.75) is 26.2 Å². The van der Waals surface area contributed by atoms with E-state index < -0.39 is 0 Å². The van der Waals surface area contributed by atoms with E-state index >= 15 is 0 Å². The van der Waals surface area contributed by atoms with E-state index in [1.807, 2.05) is 31.2 Å². The Morgan fingerprint density at radius 2 is 2.05 bits per heavy atom. The van der Waals surface area contributed by atoms with E-state index in [1.54, 1.807) is 6.33 Å². The summed E-state index contributed by atoms with van der Waals surface area (Å²) in [7, 11) is 0. The predicted molar refractivity (Wildman–Crippen MR) is 74.7 cm³/mol. The second-order valence-corrected chi connectivity index (χ2v) is 5.07. The van der Waals surface area contributed by atoms with Crippen LogP contribution in [0.2, 0.25) is 0 Å². The van der Waals surface area contributed by atoms with E-state index in [-0.39, 0.29) is 11.8 Å². The lowest BCUT2D eigenvalue weighted by atomic mass is 9.85. The molecule has 1 saturated carbocycles. The first kappa shape index (κ1) is 12.0. The molecule has 0 saturated heterocycles. The van der Waals surface area contributed by atoms with Gasteiger partial charge >= 0.3 is 0 Å². The monoisotopic (exact) mass is 255 g/mol. The van der Waals surface area contributed by atoms with Crippen LogP contribution in [0.25, 0.3) is 11.3 Å². The van der Waals surface area contributed by atoms with Gasteiger partial charge in [0.1, 0.15) is 0 Å². The van der Waals surface area contributed by atoms with Gasteiger partial charge in [0.2, 0.25) is 5.91 Å². The van der Waals surface area contributed by atoms with Crippen LogP contribution in [0.4, 0.5) is 5.69 Å². The number of amides is 1. The average Bonchev–Trinajstić information content (AvgIpc) is 2.74. The molecule has 1 heterocycles. The van der Waals surface area contributed by atoms with Crippen LogP contribution in [-0.4, -0.2) is 15.9 Å². The molecule has 4 nitrogen and oxygen atoms in total. The van der Waals surface area contributed by atoms with Crippen molar-refractivity contribution in [3.05, 3.63) is 36.3 Å². The number of hydrogen-bond acceptors (Lipinski definition) is 2. The summed E-state index contributed by atoms with van der Waals surface area (Å²) in [5.41, 5.74) is 3.91. The van der Waals surface area contributed by atoms with E-state index in [0.717, 1.165) is 35.5 Å². The van der Waals surface area contributed by atoms with Gasteiger partial charge in [-0.05, 0) is 31.9 Å². The van der Waals surface area contributed by atoms with Crippen molar-refractivity contribution >= 4 is 11.6 Å². The highest BCUT2D eigenvalue weighted by atomic mass is 16.1. The summed E-state index contributed by atoms with van der Waals surface area (Å²) in [4.78, 5) is 19.2. The number of hydrogen-bond donors (Lipinski definition) is 2. The van der Waals surface area contributed by atoms with Gasteiger partial charge in [-0.1, -0.05) is 18.6 Å². The summed E-state index contributed by atoms with van der Waals surface area (Å²) < 4.78 is 0. The fourth-order valence-electron chi connectivity index (χ4n) is 2.28. The highest BCUT2D eigenvalue weighted by Crippen LogP contribution is 2.28. The van der Waals surface area contributed by atoms with Crippen molar-refractivity contribution < 1.29 is 4.79 Å². The van der Waals surface area contributed by atoms with E-state index in [4.69, 9.17) is 0 Å². The molecule has 0 unspecified atom stereocenters. The number of H-pyrrole nitrogens is 1. The van der Waals surface area contributed by atoms with Crippen LogP contribution in [0.1, 0.15) is 25.0 Å². The SMILES string of the molecule is Cc1[nH]cnc1-c1ccc(NC(=O)C2CCC2)cc1. The van der Waals surface area contributed by atoms with Gasteiger partial charge < -0.3 is 10.3 Å². The summed E-state index contributed by atoms with van der Waals surface area (Å²) in [6.45, 7) is 1.99. The molecular formula is C15H17N3O. The Kier molecular flexibility index (Phi) is 3.07. The highest BCUT2D eigenvalue weighted by molar-refractivity contribution is 5.93. The van der Waals surface area contributed by atoms with Crippen LogP contribution >= 0.6 is 0 Å². The number of rotatable bonds is 3. The molecule has 1 aliphatic carbocycles. The number of nitrogens with one attached hydrogen (secondary N) is 2. The lowest BCUT2D eigenvalue weighted by Crippen LogP contribution is -2.27. The van der Waals surface area contributed by atoms with Crippen molar-refractivity contribution in [1.82, 2.24) is 9.97 Å². The molecule has 0 bridgehead atoms. The largest absolute Gasteiger partial charge is 0.348 e. The van der Waals surface area contributed by atoms with Gasteiger partial charge in [0, 0.05) is 22.9 Å². The molecule has 0 aliphatic heterocycles. The Hall–Kier alpha value is -2.10. The van der Waals surface area contributed by atoms with Crippen LogP contribution in [0.5, 0.6) is 0 Å². The first-order chi connectivity index (χ1) is 9.24. The van der Waals surface area contributed by atoms with Crippen LogP contribution in [-0.2, 0) is 4.79 Å². The number of benzene rings is 1. The van der Waals surface area contributed by atoms with E-state index in [2.05, 4.69) is 15.3 Å². The number of anilines is 1. The molecule has 98 valence electrons. The first-order valence-corrected chi connectivity index (χ1v) is 6.65. The van der Waals surface area contributed by atoms with E-state index in [9.17, 15) is 4.79 Å². The lowest BCUT2D eigenvalue weighted by molar-refractivity contribution is -0.122. The van der Waals surface area contributed by atoms with Gasteiger partial charge in [0.05, 0.1) is 12.0 Å². The summed E-state index contributed by atoms with van der Waals surface area (Å²) in [6.07, 6.45) is 4.92. The fraction of sp³-hybridized carbons (Fsp3) is 0.333. The van der Waals surface area contributed by atoms with Gasteiger partial charge in [0.15, 0.2) is 0 Å². The van der Waals surface area contributed by atoms with Crippen molar-refractivity contribution in [2.24, 2.45) is 5.92 Å². The van der Waals surface area contributed by atoms with E-state index in [0.29, 0.717) is 0 Å². The number of aromatic nitrogens is 2. The highest BCUT2D eigenvalue weighted by Gasteiger charge is 2.25. The third-order valence-electron chi connectivity index (χ3n) is 3.73. The Morgan fingerprint density at radius 1 is 1.32 bits per heavy atom. The van der Waals surface area contributed by atoms with Crippen LogP contribution < -0.4 is 5.32 Å². The Morgan fingerprint density at radius 3 is 2.58 bits per heavy atom. The summed E-state index contributed by atoms with van der Waals surface area (Å²) in [5.74, 6) is 0.364. The molecule has 1 aromatic carbocycles. The fourth-order valence-corrected chi connectivity index (χ4v) is 2.28. The third-order valence-corrected chi connectivity index (χ3v) is 3.73. The van der Waals surface area contributed by atoms with Gasteiger partial charge in [0.25, 0.3) is 0 Å². The second-order valence-electron chi connectivity index (χ2n) is 5.07. The van der Waals surface area contributed by atoms with Crippen LogP contribution in [0, 0.1) is 12.8 Å². The van der Waals surface area contributed by atoms with Crippen LogP contribution in [0.3, 0.4) is 0 Å². The molecule has 2 N–H and O–H groups in total. The zero-order valence-electron chi connectivity index (χ0n) is 10.9.